The lowest BCUT2D eigenvalue weighted by atomic mass is 9.78. The predicted molar refractivity (Wildman–Crippen MR) is 60.8 cm³/mol. The molecule has 1 N–H and O–H groups in total. The molecule has 1 heterocycles. The van der Waals surface area contributed by atoms with E-state index in [1.807, 2.05) is 12.1 Å². The van der Waals surface area contributed by atoms with Crippen molar-refractivity contribution in [1.82, 2.24) is 4.98 Å². The summed E-state index contributed by atoms with van der Waals surface area (Å²) in [6, 6.07) is 3.69. The van der Waals surface area contributed by atoms with Crippen LogP contribution in [0, 0.1) is 0 Å². The molecule has 0 bridgehead atoms. The van der Waals surface area contributed by atoms with E-state index in [1.54, 1.807) is 6.20 Å². The van der Waals surface area contributed by atoms with Crippen LogP contribution in [-0.2, 0) is 0 Å². The molecule has 0 atom stereocenters. The minimum atomic E-state index is -0.464. The zero-order valence-corrected chi connectivity index (χ0v) is 10.0. The lowest BCUT2D eigenvalue weighted by molar-refractivity contribution is -0.0483. The van der Waals surface area contributed by atoms with Gasteiger partial charge in [0.2, 0.25) is 0 Å². The van der Waals surface area contributed by atoms with Gasteiger partial charge < -0.3 is 9.84 Å². The van der Waals surface area contributed by atoms with Gasteiger partial charge in [0, 0.05) is 12.6 Å². The molecule has 1 aliphatic carbocycles. The highest BCUT2D eigenvalue weighted by Gasteiger charge is 2.33. The van der Waals surface area contributed by atoms with E-state index in [1.165, 1.54) is 0 Å². The Bertz CT molecular complexity index is 339. The highest BCUT2D eigenvalue weighted by molar-refractivity contribution is 9.10. The molecule has 0 amide bonds. The molecule has 0 radical (unpaired) electrons. The van der Waals surface area contributed by atoms with Crippen molar-refractivity contribution >= 4 is 15.9 Å². The highest BCUT2D eigenvalue weighted by Crippen LogP contribution is 2.34. The first kappa shape index (κ1) is 10.9. The second-order valence-corrected chi connectivity index (χ2v) is 4.72. The van der Waals surface area contributed by atoms with Crippen molar-refractivity contribution in [1.29, 1.82) is 0 Å². The Morgan fingerprint density at radius 3 is 2.93 bits per heavy atom. The first-order valence-electron chi connectivity index (χ1n) is 5.15. The van der Waals surface area contributed by atoms with Gasteiger partial charge in [0.15, 0.2) is 5.75 Å². The van der Waals surface area contributed by atoms with Gasteiger partial charge in [0.05, 0.1) is 12.2 Å². The van der Waals surface area contributed by atoms with Crippen molar-refractivity contribution in [2.24, 2.45) is 0 Å². The summed E-state index contributed by atoms with van der Waals surface area (Å²) in [6.45, 7) is 0.542. The maximum atomic E-state index is 9.85. The fourth-order valence-corrected chi connectivity index (χ4v) is 2.03. The third kappa shape index (κ3) is 2.69. The fourth-order valence-electron chi connectivity index (χ4n) is 1.66. The third-order valence-electron chi connectivity index (χ3n) is 2.83. The zero-order chi connectivity index (χ0) is 10.7. The van der Waals surface area contributed by atoms with Crippen LogP contribution in [0.15, 0.2) is 22.9 Å². The van der Waals surface area contributed by atoms with Gasteiger partial charge in [-0.2, -0.15) is 0 Å². The molecule has 0 unspecified atom stereocenters. The van der Waals surface area contributed by atoms with E-state index >= 15 is 0 Å². The number of halogens is 1. The van der Waals surface area contributed by atoms with Crippen molar-refractivity contribution in [3.63, 3.8) is 0 Å². The molecule has 1 aromatic heterocycles. The molecule has 15 heavy (non-hydrogen) atoms. The van der Waals surface area contributed by atoms with Crippen LogP contribution >= 0.6 is 15.9 Å². The van der Waals surface area contributed by atoms with E-state index < -0.39 is 5.60 Å². The number of hydrogen-bond acceptors (Lipinski definition) is 3. The van der Waals surface area contributed by atoms with Crippen molar-refractivity contribution in [3.8, 4) is 5.75 Å². The molecule has 1 aliphatic rings. The second kappa shape index (κ2) is 4.49. The SMILES string of the molecule is OC1(CCOc2cccnc2Br)CCC1. The van der Waals surface area contributed by atoms with Crippen LogP contribution in [0.2, 0.25) is 0 Å². The van der Waals surface area contributed by atoms with Crippen molar-refractivity contribution in [2.45, 2.75) is 31.3 Å². The van der Waals surface area contributed by atoms with E-state index in [0.29, 0.717) is 17.6 Å². The molecule has 1 saturated carbocycles. The zero-order valence-electron chi connectivity index (χ0n) is 8.45. The maximum absolute atomic E-state index is 9.85. The Hall–Kier alpha value is -0.610. The van der Waals surface area contributed by atoms with Crippen LogP contribution in [-0.4, -0.2) is 22.3 Å². The second-order valence-electron chi connectivity index (χ2n) is 3.97. The molecule has 82 valence electrons. The summed E-state index contributed by atoms with van der Waals surface area (Å²) in [6.07, 6.45) is 5.35. The fraction of sp³-hybridized carbons (Fsp3) is 0.545. The van der Waals surface area contributed by atoms with Crippen LogP contribution in [0.3, 0.4) is 0 Å². The molecule has 2 rings (SSSR count). The van der Waals surface area contributed by atoms with E-state index in [0.717, 1.165) is 25.0 Å². The summed E-state index contributed by atoms with van der Waals surface area (Å²) in [4.78, 5) is 4.06. The molecule has 4 heteroatoms. The molecule has 0 saturated heterocycles. The first-order valence-corrected chi connectivity index (χ1v) is 5.95. The number of aliphatic hydroxyl groups is 1. The molecule has 0 spiro atoms. The quantitative estimate of drug-likeness (QED) is 0.856. The summed E-state index contributed by atoms with van der Waals surface area (Å²) in [5.41, 5.74) is -0.464. The standard InChI is InChI=1S/C11H14BrNO2/c12-10-9(3-1-7-13-10)15-8-6-11(14)4-2-5-11/h1,3,7,14H,2,4-6,8H2. The lowest BCUT2D eigenvalue weighted by Gasteiger charge is -2.36. The number of aromatic nitrogens is 1. The topological polar surface area (TPSA) is 42.4 Å². The molecular weight excluding hydrogens is 258 g/mol. The molecular formula is C11H14BrNO2. The van der Waals surface area contributed by atoms with Gasteiger partial charge in [0.25, 0.3) is 0 Å². The highest BCUT2D eigenvalue weighted by atomic mass is 79.9. The van der Waals surface area contributed by atoms with Gasteiger partial charge in [-0.1, -0.05) is 0 Å². The van der Waals surface area contributed by atoms with Crippen LogP contribution < -0.4 is 4.74 Å². The number of rotatable bonds is 4. The van der Waals surface area contributed by atoms with Crippen LogP contribution in [0.4, 0.5) is 0 Å². The van der Waals surface area contributed by atoms with Gasteiger partial charge in [-0.3, -0.25) is 0 Å². The Morgan fingerprint density at radius 1 is 1.53 bits per heavy atom. The van der Waals surface area contributed by atoms with Crippen molar-refractivity contribution in [3.05, 3.63) is 22.9 Å². The molecule has 1 fully saturated rings. The average molecular weight is 272 g/mol. The summed E-state index contributed by atoms with van der Waals surface area (Å²) in [7, 11) is 0. The summed E-state index contributed by atoms with van der Waals surface area (Å²) >= 11 is 3.31. The van der Waals surface area contributed by atoms with Crippen molar-refractivity contribution < 1.29 is 9.84 Å². The van der Waals surface area contributed by atoms with Crippen LogP contribution in [0.25, 0.3) is 0 Å². The lowest BCUT2D eigenvalue weighted by Crippen LogP contribution is -2.38. The Labute approximate surface area is 97.6 Å². The largest absolute Gasteiger partial charge is 0.491 e. The van der Waals surface area contributed by atoms with E-state index in [2.05, 4.69) is 20.9 Å². The molecule has 0 aliphatic heterocycles. The van der Waals surface area contributed by atoms with Gasteiger partial charge in [-0.25, -0.2) is 4.98 Å². The van der Waals surface area contributed by atoms with E-state index in [-0.39, 0.29) is 0 Å². The predicted octanol–water partition coefficient (Wildman–Crippen LogP) is 2.53. The van der Waals surface area contributed by atoms with Gasteiger partial charge in [-0.05, 0) is 47.3 Å². The van der Waals surface area contributed by atoms with Gasteiger partial charge in [0.1, 0.15) is 4.60 Å². The van der Waals surface area contributed by atoms with Crippen LogP contribution in [0.1, 0.15) is 25.7 Å². The molecule has 1 aromatic rings. The first-order chi connectivity index (χ1) is 7.20. The smallest absolute Gasteiger partial charge is 0.152 e. The summed E-state index contributed by atoms with van der Waals surface area (Å²) < 4.78 is 6.25. The van der Waals surface area contributed by atoms with Crippen LogP contribution in [0.5, 0.6) is 5.75 Å². The molecule has 3 nitrogen and oxygen atoms in total. The summed E-state index contributed by atoms with van der Waals surface area (Å²) in [5, 5.41) is 9.85. The maximum Gasteiger partial charge on any atom is 0.152 e. The van der Waals surface area contributed by atoms with Gasteiger partial charge in [-0.15, -0.1) is 0 Å². The van der Waals surface area contributed by atoms with Crippen molar-refractivity contribution in [2.75, 3.05) is 6.61 Å². The summed E-state index contributed by atoms with van der Waals surface area (Å²) in [5.74, 6) is 0.737. The monoisotopic (exact) mass is 271 g/mol. The number of ether oxygens (including phenoxy) is 1. The Kier molecular flexibility index (Phi) is 3.26. The Balaban J connectivity index is 1.81. The minimum Gasteiger partial charge on any atom is -0.491 e. The minimum absolute atomic E-state index is 0.464. The third-order valence-corrected chi connectivity index (χ3v) is 3.43. The number of nitrogens with zero attached hydrogens (tertiary/aromatic N) is 1. The average Bonchev–Trinajstić information content (AvgIpc) is 2.18. The van der Waals surface area contributed by atoms with E-state index in [9.17, 15) is 5.11 Å². The van der Waals surface area contributed by atoms with E-state index in [4.69, 9.17) is 4.74 Å². The Morgan fingerprint density at radius 2 is 2.33 bits per heavy atom. The number of hydrogen-bond donors (Lipinski definition) is 1. The molecule has 0 aromatic carbocycles. The van der Waals surface area contributed by atoms with Gasteiger partial charge >= 0.3 is 0 Å². The number of pyridine rings is 1. The normalized spacial score (nSPS) is 18.3.